The zero-order chi connectivity index (χ0) is 11.5. The Labute approximate surface area is 105 Å². The first-order chi connectivity index (χ1) is 7.66. The van der Waals surface area contributed by atoms with E-state index in [4.69, 9.17) is 5.73 Å². The van der Waals surface area contributed by atoms with Gasteiger partial charge in [-0.1, -0.05) is 33.6 Å². The van der Waals surface area contributed by atoms with E-state index in [1.165, 1.54) is 17.6 Å². The van der Waals surface area contributed by atoms with Gasteiger partial charge in [-0.25, -0.2) is 0 Å². The first-order valence-corrected chi connectivity index (χ1v) is 6.37. The normalized spacial score (nSPS) is 17.2. The maximum atomic E-state index is 5.99. The molecule has 16 heavy (non-hydrogen) atoms. The summed E-state index contributed by atoms with van der Waals surface area (Å²) < 4.78 is 1.11. The lowest BCUT2D eigenvalue weighted by molar-refractivity contribution is 0.286. The Morgan fingerprint density at radius 3 is 2.88 bits per heavy atom. The molecule has 2 rings (SSSR count). The minimum absolute atomic E-state index is 0.876. The van der Waals surface area contributed by atoms with Crippen LogP contribution < -0.4 is 5.73 Å². The van der Waals surface area contributed by atoms with Crippen LogP contribution in [0.1, 0.15) is 18.9 Å². The Kier molecular flexibility index (Phi) is 3.66. The van der Waals surface area contributed by atoms with E-state index < -0.39 is 0 Å². The maximum absolute atomic E-state index is 5.99. The molecule has 0 fully saturated rings. The number of nitrogen functional groups attached to an aromatic ring is 1. The second-order valence-corrected chi connectivity index (χ2v) is 5.20. The molecule has 3 heteroatoms. The molecule has 0 aromatic heterocycles. The summed E-state index contributed by atoms with van der Waals surface area (Å²) in [4.78, 5) is 2.42. The van der Waals surface area contributed by atoms with Crippen molar-refractivity contribution in [3.8, 4) is 0 Å². The second-order valence-electron chi connectivity index (χ2n) is 4.34. The quantitative estimate of drug-likeness (QED) is 0.666. The van der Waals surface area contributed by atoms with Gasteiger partial charge in [-0.05, 0) is 25.5 Å². The third kappa shape index (κ3) is 2.66. The number of nitrogens with zero attached hydrogens (tertiary/aromatic N) is 1. The van der Waals surface area contributed by atoms with E-state index in [9.17, 15) is 0 Å². The average molecular weight is 281 g/mol. The molecule has 0 aliphatic carbocycles. The summed E-state index contributed by atoms with van der Waals surface area (Å²) in [6.07, 6.45) is 3.47. The van der Waals surface area contributed by atoms with E-state index in [2.05, 4.69) is 39.9 Å². The van der Waals surface area contributed by atoms with Crippen molar-refractivity contribution in [3.63, 3.8) is 0 Å². The lowest BCUT2D eigenvalue weighted by Crippen LogP contribution is -2.28. The number of anilines is 1. The molecule has 0 spiro atoms. The van der Waals surface area contributed by atoms with Crippen LogP contribution >= 0.6 is 15.9 Å². The minimum Gasteiger partial charge on any atom is -0.398 e. The van der Waals surface area contributed by atoms with Gasteiger partial charge >= 0.3 is 0 Å². The number of rotatable bonds is 2. The second kappa shape index (κ2) is 5.02. The standard InChI is InChI=1S/C13H17BrN2/c1-10-5-7-16(8-6-10)9-11-12(14)3-2-4-13(11)15/h2-5H,6-9,15H2,1H3. The minimum atomic E-state index is 0.876. The lowest BCUT2D eigenvalue weighted by atomic mass is 10.1. The Morgan fingerprint density at radius 2 is 2.25 bits per heavy atom. The van der Waals surface area contributed by atoms with E-state index in [0.29, 0.717) is 0 Å². The molecule has 86 valence electrons. The monoisotopic (exact) mass is 280 g/mol. The molecule has 0 radical (unpaired) electrons. The van der Waals surface area contributed by atoms with Crippen molar-refractivity contribution in [1.82, 2.24) is 4.90 Å². The third-order valence-corrected chi connectivity index (χ3v) is 3.80. The highest BCUT2D eigenvalue weighted by molar-refractivity contribution is 9.10. The van der Waals surface area contributed by atoms with E-state index in [0.717, 1.165) is 29.8 Å². The van der Waals surface area contributed by atoms with Crippen LogP contribution in [0.25, 0.3) is 0 Å². The van der Waals surface area contributed by atoms with Crippen molar-refractivity contribution in [2.75, 3.05) is 18.8 Å². The van der Waals surface area contributed by atoms with Crippen molar-refractivity contribution in [2.45, 2.75) is 19.9 Å². The van der Waals surface area contributed by atoms with Crippen LogP contribution in [-0.4, -0.2) is 18.0 Å². The SMILES string of the molecule is CC1=CCN(Cc2c(N)cccc2Br)CC1. The van der Waals surface area contributed by atoms with Crippen molar-refractivity contribution >= 4 is 21.6 Å². The van der Waals surface area contributed by atoms with Crippen molar-refractivity contribution in [1.29, 1.82) is 0 Å². The van der Waals surface area contributed by atoms with Crippen LogP contribution in [0.2, 0.25) is 0 Å². The largest absolute Gasteiger partial charge is 0.398 e. The molecule has 0 bridgehead atoms. The Morgan fingerprint density at radius 1 is 1.44 bits per heavy atom. The lowest BCUT2D eigenvalue weighted by Gasteiger charge is -2.26. The summed E-state index contributed by atoms with van der Waals surface area (Å²) in [6, 6.07) is 5.99. The highest BCUT2D eigenvalue weighted by Gasteiger charge is 2.12. The van der Waals surface area contributed by atoms with Crippen LogP contribution in [0.3, 0.4) is 0 Å². The zero-order valence-electron chi connectivity index (χ0n) is 9.54. The van der Waals surface area contributed by atoms with Crippen LogP contribution in [0.15, 0.2) is 34.3 Å². The van der Waals surface area contributed by atoms with E-state index >= 15 is 0 Å². The van der Waals surface area contributed by atoms with Crippen LogP contribution in [0, 0.1) is 0 Å². The molecule has 1 aliphatic heterocycles. The van der Waals surface area contributed by atoms with Crippen molar-refractivity contribution in [2.24, 2.45) is 0 Å². The molecular weight excluding hydrogens is 264 g/mol. The smallest absolute Gasteiger partial charge is 0.0371 e. The number of nitrogens with two attached hydrogens (primary N) is 1. The maximum Gasteiger partial charge on any atom is 0.0371 e. The highest BCUT2D eigenvalue weighted by atomic mass is 79.9. The Bertz CT molecular complexity index is 392. The third-order valence-electron chi connectivity index (χ3n) is 3.06. The highest BCUT2D eigenvalue weighted by Crippen LogP contribution is 2.25. The van der Waals surface area contributed by atoms with Gasteiger partial charge in [0.05, 0.1) is 0 Å². The van der Waals surface area contributed by atoms with E-state index in [1.54, 1.807) is 0 Å². The molecule has 1 aliphatic rings. The summed E-state index contributed by atoms with van der Waals surface area (Å²) in [5.74, 6) is 0. The van der Waals surface area contributed by atoms with Gasteiger partial charge in [0.25, 0.3) is 0 Å². The molecule has 0 amide bonds. The summed E-state index contributed by atoms with van der Waals surface area (Å²) >= 11 is 3.56. The van der Waals surface area contributed by atoms with Crippen LogP contribution in [-0.2, 0) is 6.54 Å². The van der Waals surface area contributed by atoms with Crippen molar-refractivity contribution < 1.29 is 0 Å². The molecule has 0 unspecified atom stereocenters. The molecule has 2 nitrogen and oxygen atoms in total. The van der Waals surface area contributed by atoms with Gasteiger partial charge in [-0.15, -0.1) is 0 Å². The number of hydrogen-bond acceptors (Lipinski definition) is 2. The van der Waals surface area contributed by atoms with Gasteiger partial charge in [-0.3, -0.25) is 4.90 Å². The van der Waals surface area contributed by atoms with Gasteiger partial charge < -0.3 is 5.73 Å². The summed E-state index contributed by atoms with van der Waals surface area (Å²) in [7, 11) is 0. The fourth-order valence-electron chi connectivity index (χ4n) is 1.92. The van der Waals surface area contributed by atoms with Gasteiger partial charge in [0.15, 0.2) is 0 Å². The fraction of sp³-hybridized carbons (Fsp3) is 0.385. The van der Waals surface area contributed by atoms with E-state index in [1.807, 2.05) is 12.1 Å². The zero-order valence-corrected chi connectivity index (χ0v) is 11.1. The first kappa shape index (κ1) is 11.7. The Hall–Kier alpha value is -0.800. The van der Waals surface area contributed by atoms with Crippen LogP contribution in [0.4, 0.5) is 5.69 Å². The fourth-order valence-corrected chi connectivity index (χ4v) is 2.43. The Balaban J connectivity index is 2.10. The van der Waals surface area contributed by atoms with Gasteiger partial charge in [0, 0.05) is 35.4 Å². The molecule has 1 heterocycles. The number of benzene rings is 1. The molecule has 0 saturated heterocycles. The van der Waals surface area contributed by atoms with Gasteiger partial charge in [-0.2, -0.15) is 0 Å². The van der Waals surface area contributed by atoms with E-state index in [-0.39, 0.29) is 0 Å². The molecule has 0 saturated carbocycles. The summed E-state index contributed by atoms with van der Waals surface area (Å²) in [6.45, 7) is 5.29. The average Bonchev–Trinajstić information content (AvgIpc) is 2.26. The van der Waals surface area contributed by atoms with Crippen LogP contribution in [0.5, 0.6) is 0 Å². The molecular formula is C13H17BrN2. The van der Waals surface area contributed by atoms with Gasteiger partial charge in [0.1, 0.15) is 0 Å². The number of halogens is 1. The summed E-state index contributed by atoms with van der Waals surface area (Å²) in [5, 5.41) is 0. The first-order valence-electron chi connectivity index (χ1n) is 5.57. The van der Waals surface area contributed by atoms with Crippen molar-refractivity contribution in [3.05, 3.63) is 39.9 Å². The predicted octanol–water partition coefficient (Wildman–Crippen LogP) is 3.18. The number of hydrogen-bond donors (Lipinski definition) is 1. The topological polar surface area (TPSA) is 29.3 Å². The molecule has 1 aromatic rings. The van der Waals surface area contributed by atoms with Gasteiger partial charge in [0.2, 0.25) is 0 Å². The molecule has 0 atom stereocenters. The molecule has 2 N–H and O–H groups in total. The predicted molar refractivity (Wildman–Crippen MR) is 72.2 cm³/mol. The summed E-state index contributed by atoms with van der Waals surface area (Å²) in [5.41, 5.74) is 9.57. The molecule has 1 aromatic carbocycles.